The number of piperidine rings is 1. The number of esters is 1. The maximum absolute atomic E-state index is 13.9. The van der Waals surface area contributed by atoms with E-state index in [1.165, 1.54) is 0 Å². The van der Waals surface area contributed by atoms with E-state index in [0.29, 0.717) is 25.0 Å². The average molecular weight is 351 g/mol. The first-order valence-corrected chi connectivity index (χ1v) is 8.56. The van der Waals surface area contributed by atoms with Gasteiger partial charge in [0.1, 0.15) is 10.9 Å². The zero-order valence-corrected chi connectivity index (χ0v) is 13.2. The standard InChI is InChI=1S/C14H16F3NO4S/c1-2-22-14(19)10-5-3-4-8-18(10)23(20,21)11-7-6-9(15)12(16)13(11)17/h6-7,10H,2-5,8H2,1H3/t10-/m0/s1. The fraction of sp³-hybridized carbons (Fsp3) is 0.500. The summed E-state index contributed by atoms with van der Waals surface area (Å²) < 4.78 is 71.0. The van der Waals surface area contributed by atoms with Crippen molar-refractivity contribution >= 4 is 16.0 Å². The third kappa shape index (κ3) is 3.35. The molecule has 9 heteroatoms. The van der Waals surface area contributed by atoms with Crippen molar-refractivity contribution in [2.45, 2.75) is 37.1 Å². The van der Waals surface area contributed by atoms with Crippen LogP contribution in [0.2, 0.25) is 0 Å². The number of ether oxygens (including phenoxy) is 1. The van der Waals surface area contributed by atoms with E-state index in [0.717, 1.165) is 4.31 Å². The predicted molar refractivity (Wildman–Crippen MR) is 74.5 cm³/mol. The second-order valence-electron chi connectivity index (χ2n) is 5.05. The summed E-state index contributed by atoms with van der Waals surface area (Å²) in [5, 5.41) is 0. The molecule has 0 N–H and O–H groups in total. The Bertz CT molecular complexity index is 708. The maximum Gasteiger partial charge on any atom is 0.324 e. The summed E-state index contributed by atoms with van der Waals surface area (Å²) in [4.78, 5) is 10.9. The van der Waals surface area contributed by atoms with Crippen molar-refractivity contribution in [3.05, 3.63) is 29.6 Å². The first-order valence-electron chi connectivity index (χ1n) is 7.12. The molecule has 0 spiro atoms. The van der Waals surface area contributed by atoms with Crippen LogP contribution < -0.4 is 0 Å². The highest BCUT2D eigenvalue weighted by molar-refractivity contribution is 7.89. The Morgan fingerprint density at radius 2 is 1.96 bits per heavy atom. The minimum atomic E-state index is -4.49. The van der Waals surface area contributed by atoms with Gasteiger partial charge in [-0.1, -0.05) is 0 Å². The zero-order chi connectivity index (χ0) is 17.2. The molecule has 0 unspecified atom stereocenters. The second kappa shape index (κ2) is 6.88. The highest BCUT2D eigenvalue weighted by atomic mass is 32.2. The molecule has 0 amide bonds. The monoisotopic (exact) mass is 351 g/mol. The number of halogens is 3. The number of benzene rings is 1. The molecule has 128 valence electrons. The van der Waals surface area contributed by atoms with Gasteiger partial charge in [-0.3, -0.25) is 4.79 Å². The quantitative estimate of drug-likeness (QED) is 0.616. The number of hydrogen-bond acceptors (Lipinski definition) is 4. The largest absolute Gasteiger partial charge is 0.465 e. The first kappa shape index (κ1) is 17.7. The van der Waals surface area contributed by atoms with Gasteiger partial charge < -0.3 is 4.74 Å². The van der Waals surface area contributed by atoms with Crippen LogP contribution in [-0.4, -0.2) is 37.9 Å². The lowest BCUT2D eigenvalue weighted by molar-refractivity contribution is -0.148. The third-order valence-electron chi connectivity index (χ3n) is 3.60. The predicted octanol–water partition coefficient (Wildman–Crippen LogP) is 2.21. The molecule has 0 aliphatic carbocycles. The molecular formula is C14H16F3NO4S. The summed E-state index contributed by atoms with van der Waals surface area (Å²) in [5.74, 6) is -5.88. The van der Waals surface area contributed by atoms with Crippen LogP contribution in [0.5, 0.6) is 0 Å². The van der Waals surface area contributed by atoms with E-state index in [9.17, 15) is 26.4 Å². The normalized spacial score (nSPS) is 19.6. The lowest BCUT2D eigenvalue weighted by atomic mass is 10.1. The maximum atomic E-state index is 13.9. The van der Waals surface area contributed by atoms with Crippen LogP contribution in [0.3, 0.4) is 0 Å². The van der Waals surface area contributed by atoms with E-state index >= 15 is 0 Å². The molecule has 1 heterocycles. The summed E-state index contributed by atoms with van der Waals surface area (Å²) in [6.45, 7) is 1.63. The number of sulfonamides is 1. The topological polar surface area (TPSA) is 63.7 Å². The molecule has 23 heavy (non-hydrogen) atoms. The molecule has 0 saturated carbocycles. The Morgan fingerprint density at radius 3 is 2.61 bits per heavy atom. The van der Waals surface area contributed by atoms with E-state index in [1.807, 2.05) is 0 Å². The summed E-state index contributed by atoms with van der Waals surface area (Å²) in [7, 11) is -4.49. The molecule has 1 aromatic rings. The number of rotatable bonds is 4. The molecule has 0 bridgehead atoms. The molecule has 1 aliphatic rings. The van der Waals surface area contributed by atoms with E-state index in [-0.39, 0.29) is 19.6 Å². The Hall–Kier alpha value is -1.61. The van der Waals surface area contributed by atoms with Gasteiger partial charge in [0.2, 0.25) is 10.0 Å². The summed E-state index contributed by atoms with van der Waals surface area (Å²) in [5.41, 5.74) is 0. The fourth-order valence-corrected chi connectivity index (χ4v) is 4.21. The third-order valence-corrected chi connectivity index (χ3v) is 5.52. The van der Waals surface area contributed by atoms with Gasteiger partial charge in [0.25, 0.3) is 0 Å². The van der Waals surface area contributed by atoms with Crippen LogP contribution in [0.15, 0.2) is 17.0 Å². The van der Waals surface area contributed by atoms with E-state index in [1.54, 1.807) is 6.92 Å². The highest BCUT2D eigenvalue weighted by Gasteiger charge is 2.40. The molecular weight excluding hydrogens is 335 g/mol. The van der Waals surface area contributed by atoms with Gasteiger partial charge in [0.05, 0.1) is 6.61 Å². The van der Waals surface area contributed by atoms with Gasteiger partial charge in [-0.05, 0) is 38.3 Å². The van der Waals surface area contributed by atoms with Crippen LogP contribution in [0.4, 0.5) is 13.2 Å². The second-order valence-corrected chi connectivity index (χ2v) is 6.91. The van der Waals surface area contributed by atoms with Crippen LogP contribution in [0.1, 0.15) is 26.2 Å². The fourth-order valence-electron chi connectivity index (χ4n) is 2.50. The van der Waals surface area contributed by atoms with Crippen LogP contribution in [-0.2, 0) is 19.6 Å². The van der Waals surface area contributed by atoms with E-state index < -0.39 is 44.4 Å². The minimum absolute atomic E-state index is 0.0236. The van der Waals surface area contributed by atoms with Crippen molar-refractivity contribution in [2.75, 3.05) is 13.2 Å². The first-order chi connectivity index (χ1) is 10.8. The Balaban J connectivity index is 2.44. The van der Waals surface area contributed by atoms with E-state index in [4.69, 9.17) is 4.74 Å². The van der Waals surface area contributed by atoms with Crippen LogP contribution in [0, 0.1) is 17.5 Å². The molecule has 2 rings (SSSR count). The van der Waals surface area contributed by atoms with Crippen molar-refractivity contribution in [3.63, 3.8) is 0 Å². The van der Waals surface area contributed by atoms with E-state index in [2.05, 4.69) is 0 Å². The van der Waals surface area contributed by atoms with Crippen LogP contribution in [0.25, 0.3) is 0 Å². The van der Waals surface area contributed by atoms with Crippen molar-refractivity contribution in [1.29, 1.82) is 0 Å². The Morgan fingerprint density at radius 1 is 1.26 bits per heavy atom. The average Bonchev–Trinajstić information content (AvgIpc) is 2.52. The number of carbonyl (C=O) groups excluding carboxylic acids is 1. The molecule has 1 saturated heterocycles. The molecule has 1 fully saturated rings. The number of nitrogens with zero attached hydrogens (tertiary/aromatic N) is 1. The van der Waals surface area contributed by atoms with Gasteiger partial charge in [0, 0.05) is 6.54 Å². The van der Waals surface area contributed by atoms with Gasteiger partial charge >= 0.3 is 5.97 Å². The smallest absolute Gasteiger partial charge is 0.324 e. The zero-order valence-electron chi connectivity index (χ0n) is 12.4. The van der Waals surface area contributed by atoms with Crippen LogP contribution >= 0.6 is 0 Å². The van der Waals surface area contributed by atoms with Crippen molar-refractivity contribution < 1.29 is 31.1 Å². The molecule has 5 nitrogen and oxygen atoms in total. The summed E-state index contributed by atoms with van der Waals surface area (Å²) >= 11 is 0. The molecule has 0 radical (unpaired) electrons. The molecule has 1 aromatic carbocycles. The molecule has 0 aromatic heterocycles. The van der Waals surface area contributed by atoms with Gasteiger partial charge in [-0.15, -0.1) is 0 Å². The number of hydrogen-bond donors (Lipinski definition) is 0. The van der Waals surface area contributed by atoms with Gasteiger partial charge in [-0.2, -0.15) is 4.31 Å². The highest BCUT2D eigenvalue weighted by Crippen LogP contribution is 2.29. The lowest BCUT2D eigenvalue weighted by Gasteiger charge is -2.33. The lowest BCUT2D eigenvalue weighted by Crippen LogP contribution is -2.48. The van der Waals surface area contributed by atoms with Gasteiger partial charge in [0.15, 0.2) is 17.5 Å². The van der Waals surface area contributed by atoms with Crippen molar-refractivity contribution in [1.82, 2.24) is 4.31 Å². The van der Waals surface area contributed by atoms with Gasteiger partial charge in [-0.25, -0.2) is 21.6 Å². The molecule has 1 atom stereocenters. The summed E-state index contributed by atoms with van der Waals surface area (Å²) in [6, 6.07) is 0.0929. The minimum Gasteiger partial charge on any atom is -0.465 e. The van der Waals surface area contributed by atoms with Crippen molar-refractivity contribution in [2.24, 2.45) is 0 Å². The van der Waals surface area contributed by atoms with Crippen molar-refractivity contribution in [3.8, 4) is 0 Å². The molecule has 1 aliphatic heterocycles. The summed E-state index contributed by atoms with van der Waals surface area (Å²) in [6.07, 6.45) is 1.31. The Labute approximate surface area is 132 Å². The SMILES string of the molecule is CCOC(=O)[C@@H]1CCCCN1S(=O)(=O)c1ccc(F)c(F)c1F. The Kier molecular flexibility index (Phi) is 5.30. The number of carbonyl (C=O) groups is 1.